The van der Waals surface area contributed by atoms with E-state index in [0.29, 0.717) is 6.04 Å². The summed E-state index contributed by atoms with van der Waals surface area (Å²) in [6.45, 7) is 7.63. The average Bonchev–Trinajstić information content (AvgIpc) is 2.62. The van der Waals surface area contributed by atoms with Crippen LogP contribution in [0.15, 0.2) is 12.4 Å². The molecule has 3 nitrogen and oxygen atoms in total. The Hall–Kier alpha value is -0.990. The van der Waals surface area contributed by atoms with Gasteiger partial charge in [-0.05, 0) is 19.3 Å². The summed E-state index contributed by atoms with van der Waals surface area (Å²) in [6, 6.07) is 0.549. The number of hydrogen-bond acceptors (Lipinski definition) is 2. The molecule has 0 aliphatic carbocycles. The summed E-state index contributed by atoms with van der Waals surface area (Å²) in [7, 11) is 0. The van der Waals surface area contributed by atoms with Crippen LogP contribution in [0.1, 0.15) is 40.0 Å². The Kier molecular flexibility index (Phi) is 4.50. The van der Waals surface area contributed by atoms with E-state index in [1.54, 1.807) is 0 Å². The van der Waals surface area contributed by atoms with E-state index in [4.69, 9.17) is 0 Å². The predicted octanol–water partition coefficient (Wildman–Crippen LogP) is 2.89. The lowest BCUT2D eigenvalue weighted by molar-refractivity contribution is 0.634. The molecule has 0 aromatic carbocycles. The minimum absolute atomic E-state index is 0.549. The van der Waals surface area contributed by atoms with Gasteiger partial charge in [-0.2, -0.15) is 0 Å². The Balaban J connectivity index is 2.60. The fourth-order valence-corrected chi connectivity index (χ4v) is 1.55. The van der Waals surface area contributed by atoms with Crippen LogP contribution in [0.25, 0.3) is 0 Å². The van der Waals surface area contributed by atoms with E-state index in [2.05, 4.69) is 35.6 Å². The molecule has 1 aromatic rings. The molecule has 1 aromatic heterocycles. The maximum atomic E-state index is 4.32. The second kappa shape index (κ2) is 5.68. The monoisotopic (exact) mass is 195 g/mol. The third kappa shape index (κ3) is 2.76. The van der Waals surface area contributed by atoms with E-state index >= 15 is 0 Å². The molecule has 0 saturated carbocycles. The summed E-state index contributed by atoms with van der Waals surface area (Å²) in [4.78, 5) is 4.32. The molecule has 80 valence electrons. The molecule has 0 spiro atoms. The predicted molar refractivity (Wildman–Crippen MR) is 60.5 cm³/mol. The van der Waals surface area contributed by atoms with E-state index in [1.165, 1.54) is 0 Å². The van der Waals surface area contributed by atoms with E-state index in [-0.39, 0.29) is 0 Å². The first kappa shape index (κ1) is 11.1. The second-order valence-corrected chi connectivity index (χ2v) is 3.60. The average molecular weight is 195 g/mol. The highest BCUT2D eigenvalue weighted by atomic mass is 15.2. The van der Waals surface area contributed by atoms with Gasteiger partial charge in [0.25, 0.3) is 0 Å². The Morgan fingerprint density at radius 1 is 1.36 bits per heavy atom. The first-order valence-electron chi connectivity index (χ1n) is 5.59. The Morgan fingerprint density at radius 2 is 2.07 bits per heavy atom. The first-order valence-corrected chi connectivity index (χ1v) is 5.59. The van der Waals surface area contributed by atoms with Gasteiger partial charge < -0.3 is 9.88 Å². The van der Waals surface area contributed by atoms with Gasteiger partial charge in [0, 0.05) is 25.0 Å². The van der Waals surface area contributed by atoms with Crippen molar-refractivity contribution in [2.75, 3.05) is 5.32 Å². The highest BCUT2D eigenvalue weighted by Crippen LogP contribution is 2.10. The van der Waals surface area contributed by atoms with Crippen molar-refractivity contribution in [1.29, 1.82) is 0 Å². The highest BCUT2D eigenvalue weighted by Gasteiger charge is 2.06. The zero-order valence-corrected chi connectivity index (χ0v) is 9.45. The molecular weight excluding hydrogens is 174 g/mol. The minimum atomic E-state index is 0.549. The van der Waals surface area contributed by atoms with Gasteiger partial charge in [-0.25, -0.2) is 4.98 Å². The Labute approximate surface area is 86.5 Å². The summed E-state index contributed by atoms with van der Waals surface area (Å²) in [5, 5.41) is 3.46. The number of aryl methyl sites for hydroxylation is 1. The van der Waals surface area contributed by atoms with Crippen LogP contribution in [0.4, 0.5) is 5.95 Å². The van der Waals surface area contributed by atoms with E-state index in [1.807, 2.05) is 12.4 Å². The highest BCUT2D eigenvalue weighted by molar-refractivity contribution is 5.27. The molecule has 0 aliphatic heterocycles. The standard InChI is InChI=1S/C11H21N3/c1-4-8-14-9-7-12-11(14)13-10(5-2)6-3/h7,9-10H,4-6,8H2,1-3H3,(H,12,13). The van der Waals surface area contributed by atoms with Crippen molar-refractivity contribution in [1.82, 2.24) is 9.55 Å². The molecule has 0 saturated heterocycles. The lowest BCUT2D eigenvalue weighted by Crippen LogP contribution is -2.20. The minimum Gasteiger partial charge on any atom is -0.353 e. The fourth-order valence-electron chi connectivity index (χ4n) is 1.55. The molecule has 0 bridgehead atoms. The summed E-state index contributed by atoms with van der Waals surface area (Å²) in [5.74, 6) is 1.01. The molecule has 0 fully saturated rings. The lowest BCUT2D eigenvalue weighted by Gasteiger charge is -2.16. The molecule has 14 heavy (non-hydrogen) atoms. The van der Waals surface area contributed by atoms with E-state index in [0.717, 1.165) is 31.8 Å². The van der Waals surface area contributed by atoms with Crippen LogP contribution < -0.4 is 5.32 Å². The van der Waals surface area contributed by atoms with Crippen LogP contribution in [-0.4, -0.2) is 15.6 Å². The second-order valence-electron chi connectivity index (χ2n) is 3.60. The number of rotatable bonds is 6. The van der Waals surface area contributed by atoms with E-state index < -0.39 is 0 Å². The van der Waals surface area contributed by atoms with E-state index in [9.17, 15) is 0 Å². The van der Waals surface area contributed by atoms with Gasteiger partial charge in [0.05, 0.1) is 0 Å². The van der Waals surface area contributed by atoms with Crippen molar-refractivity contribution in [2.24, 2.45) is 0 Å². The van der Waals surface area contributed by atoms with Crippen molar-refractivity contribution in [3.05, 3.63) is 12.4 Å². The summed E-state index contributed by atoms with van der Waals surface area (Å²) >= 11 is 0. The molecule has 1 rings (SSSR count). The normalized spacial score (nSPS) is 10.9. The number of aromatic nitrogens is 2. The van der Waals surface area contributed by atoms with Gasteiger partial charge in [-0.15, -0.1) is 0 Å². The summed E-state index contributed by atoms with van der Waals surface area (Å²) < 4.78 is 2.18. The van der Waals surface area contributed by atoms with Crippen molar-refractivity contribution < 1.29 is 0 Å². The zero-order valence-electron chi connectivity index (χ0n) is 9.45. The van der Waals surface area contributed by atoms with Crippen LogP contribution in [-0.2, 0) is 6.54 Å². The molecule has 1 N–H and O–H groups in total. The van der Waals surface area contributed by atoms with Gasteiger partial charge in [-0.1, -0.05) is 20.8 Å². The first-order chi connectivity index (χ1) is 6.81. The molecule has 0 amide bonds. The maximum absolute atomic E-state index is 4.32. The van der Waals surface area contributed by atoms with Gasteiger partial charge in [0.2, 0.25) is 5.95 Å². The van der Waals surface area contributed by atoms with Crippen LogP contribution >= 0.6 is 0 Å². The molecular formula is C11H21N3. The number of nitrogens with one attached hydrogen (secondary N) is 1. The molecule has 1 heterocycles. The number of anilines is 1. The SMILES string of the molecule is CCCn1ccnc1NC(CC)CC. The van der Waals surface area contributed by atoms with Crippen LogP contribution in [0.5, 0.6) is 0 Å². The maximum Gasteiger partial charge on any atom is 0.202 e. The summed E-state index contributed by atoms with van der Waals surface area (Å²) in [6.07, 6.45) is 7.34. The quantitative estimate of drug-likeness (QED) is 0.756. The van der Waals surface area contributed by atoms with Crippen molar-refractivity contribution >= 4 is 5.95 Å². The van der Waals surface area contributed by atoms with Crippen LogP contribution in [0.2, 0.25) is 0 Å². The Bertz CT molecular complexity index is 251. The molecule has 0 aliphatic rings. The summed E-state index contributed by atoms with van der Waals surface area (Å²) in [5.41, 5.74) is 0. The zero-order chi connectivity index (χ0) is 10.4. The van der Waals surface area contributed by atoms with Crippen molar-refractivity contribution in [3.8, 4) is 0 Å². The molecule has 0 unspecified atom stereocenters. The van der Waals surface area contributed by atoms with Gasteiger partial charge in [0.15, 0.2) is 0 Å². The third-order valence-corrected chi connectivity index (χ3v) is 2.50. The smallest absolute Gasteiger partial charge is 0.202 e. The van der Waals surface area contributed by atoms with Crippen LogP contribution in [0.3, 0.4) is 0 Å². The third-order valence-electron chi connectivity index (χ3n) is 2.50. The van der Waals surface area contributed by atoms with Crippen molar-refractivity contribution in [3.63, 3.8) is 0 Å². The van der Waals surface area contributed by atoms with Crippen molar-refractivity contribution in [2.45, 2.75) is 52.6 Å². The largest absolute Gasteiger partial charge is 0.353 e. The molecule has 0 radical (unpaired) electrons. The number of imidazole rings is 1. The van der Waals surface area contributed by atoms with Crippen LogP contribution in [0, 0.1) is 0 Å². The fraction of sp³-hybridized carbons (Fsp3) is 0.727. The molecule has 0 atom stereocenters. The van der Waals surface area contributed by atoms with Gasteiger partial charge in [0.1, 0.15) is 0 Å². The van der Waals surface area contributed by atoms with Gasteiger partial charge >= 0.3 is 0 Å². The molecule has 3 heteroatoms. The Morgan fingerprint density at radius 3 is 2.64 bits per heavy atom. The number of nitrogens with zero attached hydrogens (tertiary/aromatic N) is 2. The topological polar surface area (TPSA) is 29.9 Å². The lowest BCUT2D eigenvalue weighted by atomic mass is 10.2. The number of hydrogen-bond donors (Lipinski definition) is 1. The van der Waals surface area contributed by atoms with Gasteiger partial charge in [-0.3, -0.25) is 0 Å².